The third kappa shape index (κ3) is 3.99. The van der Waals surface area contributed by atoms with Gasteiger partial charge in [-0.05, 0) is 32.4 Å². The van der Waals surface area contributed by atoms with E-state index >= 15 is 0 Å². The number of amides is 1. The average Bonchev–Trinajstić information content (AvgIpc) is 2.80. The van der Waals surface area contributed by atoms with E-state index in [4.69, 9.17) is 4.52 Å². The summed E-state index contributed by atoms with van der Waals surface area (Å²) in [6.07, 6.45) is 0.981. The van der Waals surface area contributed by atoms with Crippen LogP contribution in [-0.4, -0.2) is 47.0 Å². The molecule has 1 aliphatic heterocycles. The summed E-state index contributed by atoms with van der Waals surface area (Å²) in [5.41, 5.74) is 2.86. The summed E-state index contributed by atoms with van der Waals surface area (Å²) in [5, 5.41) is 4.05. The second-order valence-electron chi connectivity index (χ2n) is 6.22. The maximum Gasteiger partial charge on any atom is 0.253 e. The molecule has 1 aromatic carbocycles. The van der Waals surface area contributed by atoms with Gasteiger partial charge in [0.15, 0.2) is 0 Å². The number of carbonyl (C=O) groups excluding carboxylic acids is 1. The molecule has 1 aromatic heterocycles. The molecule has 0 N–H and O–H groups in total. The Morgan fingerprint density at radius 1 is 1.17 bits per heavy atom. The Balaban J connectivity index is 1.60. The average molecular weight is 313 g/mol. The molecule has 0 atom stereocenters. The molecule has 2 aromatic rings. The Labute approximate surface area is 136 Å². The zero-order valence-electron chi connectivity index (χ0n) is 13.8. The topological polar surface area (TPSA) is 49.6 Å². The molecular weight excluding hydrogens is 290 g/mol. The van der Waals surface area contributed by atoms with E-state index in [2.05, 4.69) is 10.1 Å². The van der Waals surface area contributed by atoms with Crippen molar-refractivity contribution in [2.45, 2.75) is 26.8 Å². The predicted octanol–water partition coefficient (Wildman–Crippen LogP) is 2.64. The Bertz CT molecular complexity index is 680. The first kappa shape index (κ1) is 15.7. The van der Waals surface area contributed by atoms with Crippen LogP contribution >= 0.6 is 0 Å². The van der Waals surface area contributed by atoms with E-state index in [0.29, 0.717) is 0 Å². The molecule has 1 aliphatic rings. The number of aromatic nitrogens is 1. The number of nitrogens with zero attached hydrogens (tertiary/aromatic N) is 3. The number of aryl methyl sites for hydroxylation is 2. The lowest BCUT2D eigenvalue weighted by atomic mass is 10.1. The lowest BCUT2D eigenvalue weighted by Gasteiger charge is -2.21. The lowest BCUT2D eigenvalue weighted by Crippen LogP contribution is -2.35. The summed E-state index contributed by atoms with van der Waals surface area (Å²) < 4.78 is 5.12. The van der Waals surface area contributed by atoms with Gasteiger partial charge in [-0.2, -0.15) is 0 Å². The van der Waals surface area contributed by atoms with Gasteiger partial charge < -0.3 is 9.42 Å². The van der Waals surface area contributed by atoms with Gasteiger partial charge in [-0.25, -0.2) is 0 Å². The molecule has 5 heteroatoms. The minimum Gasteiger partial charge on any atom is -0.361 e. The molecule has 0 unspecified atom stereocenters. The summed E-state index contributed by atoms with van der Waals surface area (Å²) in [4.78, 5) is 16.9. The van der Waals surface area contributed by atoms with Crippen LogP contribution in [0, 0.1) is 13.8 Å². The van der Waals surface area contributed by atoms with Crippen molar-refractivity contribution in [2.75, 3.05) is 26.2 Å². The Kier molecular flexibility index (Phi) is 4.76. The van der Waals surface area contributed by atoms with Gasteiger partial charge in [0.25, 0.3) is 5.91 Å². The van der Waals surface area contributed by atoms with Gasteiger partial charge in [0, 0.05) is 44.4 Å². The molecule has 5 nitrogen and oxygen atoms in total. The first-order valence-electron chi connectivity index (χ1n) is 8.12. The van der Waals surface area contributed by atoms with Crippen molar-refractivity contribution in [1.29, 1.82) is 0 Å². The number of hydrogen-bond donors (Lipinski definition) is 0. The Morgan fingerprint density at radius 2 is 2.04 bits per heavy atom. The SMILES string of the molecule is Cc1cccc(C(=O)N2CCCN(Cc3cc(C)on3)CC2)c1. The van der Waals surface area contributed by atoms with Gasteiger partial charge in [0.05, 0.1) is 5.69 Å². The van der Waals surface area contributed by atoms with Crippen LogP contribution in [0.4, 0.5) is 0 Å². The van der Waals surface area contributed by atoms with E-state index in [1.54, 1.807) is 0 Å². The first-order valence-corrected chi connectivity index (χ1v) is 8.12. The van der Waals surface area contributed by atoms with E-state index in [1.807, 2.05) is 49.1 Å². The van der Waals surface area contributed by atoms with Crippen molar-refractivity contribution in [1.82, 2.24) is 15.0 Å². The van der Waals surface area contributed by atoms with Crippen LogP contribution in [0.1, 0.15) is 33.8 Å². The highest BCUT2D eigenvalue weighted by atomic mass is 16.5. The van der Waals surface area contributed by atoms with Crippen LogP contribution in [-0.2, 0) is 6.54 Å². The Hall–Kier alpha value is -2.14. The van der Waals surface area contributed by atoms with E-state index < -0.39 is 0 Å². The van der Waals surface area contributed by atoms with Crippen molar-refractivity contribution >= 4 is 5.91 Å². The van der Waals surface area contributed by atoms with Crippen LogP contribution < -0.4 is 0 Å². The van der Waals surface area contributed by atoms with E-state index in [0.717, 1.165) is 61.7 Å². The minimum absolute atomic E-state index is 0.132. The van der Waals surface area contributed by atoms with Gasteiger partial charge in [-0.3, -0.25) is 9.69 Å². The zero-order valence-corrected chi connectivity index (χ0v) is 13.8. The molecule has 1 saturated heterocycles. The Morgan fingerprint density at radius 3 is 2.78 bits per heavy atom. The number of rotatable bonds is 3. The summed E-state index contributed by atoms with van der Waals surface area (Å²) in [5.74, 6) is 0.971. The number of hydrogen-bond acceptors (Lipinski definition) is 4. The van der Waals surface area contributed by atoms with Gasteiger partial charge in [0.2, 0.25) is 0 Å². The van der Waals surface area contributed by atoms with Crippen LogP contribution in [0.5, 0.6) is 0 Å². The third-order valence-corrected chi connectivity index (χ3v) is 4.20. The second-order valence-corrected chi connectivity index (χ2v) is 6.22. The summed E-state index contributed by atoms with van der Waals surface area (Å²) in [6, 6.07) is 9.79. The van der Waals surface area contributed by atoms with Gasteiger partial charge in [-0.15, -0.1) is 0 Å². The largest absolute Gasteiger partial charge is 0.361 e. The highest BCUT2D eigenvalue weighted by Gasteiger charge is 2.21. The van der Waals surface area contributed by atoms with Crippen LogP contribution in [0.3, 0.4) is 0 Å². The predicted molar refractivity (Wildman–Crippen MR) is 88.2 cm³/mol. The zero-order chi connectivity index (χ0) is 16.2. The van der Waals surface area contributed by atoms with Crippen LogP contribution in [0.2, 0.25) is 0 Å². The number of carbonyl (C=O) groups is 1. The molecule has 0 bridgehead atoms. The van der Waals surface area contributed by atoms with Gasteiger partial charge in [0.1, 0.15) is 5.76 Å². The highest BCUT2D eigenvalue weighted by Crippen LogP contribution is 2.13. The maximum atomic E-state index is 12.7. The standard InChI is InChI=1S/C18H23N3O2/c1-14-5-3-6-16(11-14)18(22)21-8-4-7-20(9-10-21)13-17-12-15(2)23-19-17/h3,5-6,11-12H,4,7-10,13H2,1-2H3. The van der Waals surface area contributed by atoms with E-state index in [9.17, 15) is 4.79 Å². The molecule has 0 aliphatic carbocycles. The quantitative estimate of drug-likeness (QED) is 0.874. The van der Waals surface area contributed by atoms with E-state index in [1.165, 1.54) is 0 Å². The molecule has 23 heavy (non-hydrogen) atoms. The fourth-order valence-electron chi connectivity index (χ4n) is 3.01. The van der Waals surface area contributed by atoms with Gasteiger partial charge >= 0.3 is 0 Å². The monoisotopic (exact) mass is 313 g/mol. The number of benzene rings is 1. The smallest absolute Gasteiger partial charge is 0.253 e. The van der Waals surface area contributed by atoms with Crippen LogP contribution in [0.25, 0.3) is 0 Å². The molecule has 0 radical (unpaired) electrons. The molecule has 1 amide bonds. The fourth-order valence-corrected chi connectivity index (χ4v) is 3.01. The molecule has 122 valence electrons. The summed E-state index contributed by atoms with van der Waals surface area (Å²) in [7, 11) is 0. The van der Waals surface area contributed by atoms with Crippen molar-refractivity contribution in [3.8, 4) is 0 Å². The lowest BCUT2D eigenvalue weighted by molar-refractivity contribution is 0.0761. The molecule has 2 heterocycles. The minimum atomic E-state index is 0.132. The summed E-state index contributed by atoms with van der Waals surface area (Å²) >= 11 is 0. The van der Waals surface area contributed by atoms with Crippen molar-refractivity contribution in [2.24, 2.45) is 0 Å². The third-order valence-electron chi connectivity index (χ3n) is 4.20. The van der Waals surface area contributed by atoms with Crippen LogP contribution in [0.15, 0.2) is 34.9 Å². The highest BCUT2D eigenvalue weighted by molar-refractivity contribution is 5.94. The molecular formula is C18H23N3O2. The maximum absolute atomic E-state index is 12.7. The van der Waals surface area contributed by atoms with Gasteiger partial charge in [-0.1, -0.05) is 22.9 Å². The molecule has 0 saturated carbocycles. The summed E-state index contributed by atoms with van der Waals surface area (Å²) in [6.45, 7) is 8.10. The second kappa shape index (κ2) is 6.96. The fraction of sp³-hybridized carbons (Fsp3) is 0.444. The first-order chi connectivity index (χ1) is 11.1. The normalized spacial score (nSPS) is 16.3. The molecule has 1 fully saturated rings. The van der Waals surface area contributed by atoms with Crippen molar-refractivity contribution in [3.63, 3.8) is 0 Å². The molecule has 0 spiro atoms. The van der Waals surface area contributed by atoms with Crippen molar-refractivity contribution < 1.29 is 9.32 Å². The van der Waals surface area contributed by atoms with E-state index in [-0.39, 0.29) is 5.91 Å². The van der Waals surface area contributed by atoms with Crippen molar-refractivity contribution in [3.05, 3.63) is 52.9 Å². The molecule has 3 rings (SSSR count).